The number of nitrogens with one attached hydrogen (secondary N) is 3. The Balaban J connectivity index is 1.54. The molecule has 8 nitrogen and oxygen atoms in total. The lowest BCUT2D eigenvalue weighted by molar-refractivity contribution is -0.121. The summed E-state index contributed by atoms with van der Waals surface area (Å²) in [7, 11) is -3.82. The molecule has 3 aromatic rings. The van der Waals surface area contributed by atoms with Crippen molar-refractivity contribution in [1.82, 2.24) is 10.9 Å². The average Bonchev–Trinajstić information content (AvgIpc) is 2.80. The normalized spacial score (nSPS) is 10.8. The summed E-state index contributed by atoms with van der Waals surface area (Å²) in [4.78, 5) is 24.2. The maximum absolute atomic E-state index is 12.9. The Bertz CT molecular complexity index is 1210. The Morgan fingerprint density at radius 2 is 1.52 bits per heavy atom. The Morgan fingerprint density at radius 3 is 2.12 bits per heavy atom. The molecule has 0 aromatic heterocycles. The first kappa shape index (κ1) is 23.7. The molecule has 0 saturated heterocycles. The summed E-state index contributed by atoms with van der Waals surface area (Å²) in [6, 6.07) is 17.1. The Morgan fingerprint density at radius 1 is 0.879 bits per heavy atom. The zero-order valence-electron chi connectivity index (χ0n) is 17.7. The van der Waals surface area contributed by atoms with Crippen LogP contribution in [0.1, 0.15) is 22.8 Å². The number of halogens is 1. The van der Waals surface area contributed by atoms with Crippen molar-refractivity contribution in [2.24, 2.45) is 0 Å². The second-order valence-corrected chi connectivity index (χ2v) is 8.58. The van der Waals surface area contributed by atoms with Crippen LogP contribution in [-0.2, 0) is 21.2 Å². The second kappa shape index (κ2) is 10.6. The molecule has 172 valence electrons. The first-order valence-electron chi connectivity index (χ1n) is 9.96. The Kier molecular flexibility index (Phi) is 7.62. The minimum Gasteiger partial charge on any atom is -0.494 e. The highest BCUT2D eigenvalue weighted by atomic mass is 32.2. The van der Waals surface area contributed by atoms with E-state index in [1.54, 1.807) is 12.1 Å². The molecule has 0 heterocycles. The maximum Gasteiger partial charge on any atom is 0.269 e. The number of ether oxygens (including phenoxy) is 1. The van der Waals surface area contributed by atoms with Crippen LogP contribution in [0.25, 0.3) is 0 Å². The summed E-state index contributed by atoms with van der Waals surface area (Å²) >= 11 is 0. The lowest BCUT2D eigenvalue weighted by Crippen LogP contribution is -2.42. The van der Waals surface area contributed by atoms with Gasteiger partial charge in [-0.1, -0.05) is 12.1 Å². The van der Waals surface area contributed by atoms with Crippen LogP contribution in [0.4, 0.5) is 10.1 Å². The van der Waals surface area contributed by atoms with Crippen LogP contribution in [0.15, 0.2) is 77.7 Å². The van der Waals surface area contributed by atoms with Gasteiger partial charge in [-0.3, -0.25) is 25.2 Å². The van der Waals surface area contributed by atoms with Crippen LogP contribution in [-0.4, -0.2) is 26.8 Å². The molecule has 0 radical (unpaired) electrons. The molecule has 3 N–H and O–H groups in total. The fourth-order valence-corrected chi connectivity index (χ4v) is 3.87. The Hall–Kier alpha value is -3.92. The fraction of sp³-hybridized carbons (Fsp3) is 0.130. The molecule has 0 unspecified atom stereocenters. The highest BCUT2D eigenvalue weighted by Gasteiger charge is 2.15. The third-order valence-electron chi connectivity index (χ3n) is 4.44. The molecule has 0 aliphatic rings. The van der Waals surface area contributed by atoms with Crippen molar-refractivity contribution in [3.05, 3.63) is 89.7 Å². The highest BCUT2D eigenvalue weighted by molar-refractivity contribution is 7.92. The number of amides is 2. The van der Waals surface area contributed by atoms with Crippen molar-refractivity contribution in [3.63, 3.8) is 0 Å². The summed E-state index contributed by atoms with van der Waals surface area (Å²) in [5.74, 6) is -0.896. The zero-order valence-corrected chi connectivity index (χ0v) is 18.5. The van der Waals surface area contributed by atoms with Crippen molar-refractivity contribution in [2.75, 3.05) is 11.3 Å². The smallest absolute Gasteiger partial charge is 0.269 e. The van der Waals surface area contributed by atoms with Gasteiger partial charge in [0.1, 0.15) is 11.6 Å². The van der Waals surface area contributed by atoms with E-state index in [9.17, 15) is 22.4 Å². The standard InChI is InChI=1S/C23H22FN3O5S/c1-2-32-20-11-13-21(14-12-20)33(30,31)27-19-9-5-17(6-10-19)23(29)26-25-22(28)15-16-3-7-18(24)8-4-16/h3-14,27H,2,15H2,1H3,(H,25,28)(H,26,29). The summed E-state index contributed by atoms with van der Waals surface area (Å²) in [6.07, 6.45) is -0.0349. The number of rotatable bonds is 8. The predicted molar refractivity (Wildman–Crippen MR) is 121 cm³/mol. The van der Waals surface area contributed by atoms with Gasteiger partial charge < -0.3 is 4.74 Å². The lowest BCUT2D eigenvalue weighted by Gasteiger charge is -2.10. The highest BCUT2D eigenvalue weighted by Crippen LogP contribution is 2.19. The van der Waals surface area contributed by atoms with Crippen LogP contribution in [0.5, 0.6) is 5.75 Å². The van der Waals surface area contributed by atoms with Gasteiger partial charge in [0.25, 0.3) is 15.9 Å². The number of carbonyl (C=O) groups excluding carboxylic acids is 2. The number of benzene rings is 3. The summed E-state index contributed by atoms with van der Waals surface area (Å²) in [5, 5.41) is 0. The lowest BCUT2D eigenvalue weighted by atomic mass is 10.1. The maximum atomic E-state index is 12.9. The predicted octanol–water partition coefficient (Wildman–Crippen LogP) is 3.03. The molecule has 3 aromatic carbocycles. The van der Waals surface area contributed by atoms with Crippen LogP contribution in [0.3, 0.4) is 0 Å². The van der Waals surface area contributed by atoms with E-state index in [0.29, 0.717) is 17.9 Å². The van der Waals surface area contributed by atoms with Gasteiger partial charge >= 0.3 is 0 Å². The molecule has 0 saturated carbocycles. The van der Waals surface area contributed by atoms with Crippen molar-refractivity contribution >= 4 is 27.5 Å². The van der Waals surface area contributed by atoms with Gasteiger partial charge in [-0.05, 0) is 73.2 Å². The first-order valence-corrected chi connectivity index (χ1v) is 11.4. The third kappa shape index (κ3) is 6.78. The van der Waals surface area contributed by atoms with Gasteiger partial charge in [0.05, 0.1) is 17.9 Å². The topological polar surface area (TPSA) is 114 Å². The molecule has 10 heteroatoms. The summed E-state index contributed by atoms with van der Waals surface area (Å²) in [5.41, 5.74) is 5.62. The van der Waals surface area contributed by atoms with Crippen molar-refractivity contribution < 1.29 is 27.1 Å². The van der Waals surface area contributed by atoms with Crippen molar-refractivity contribution in [3.8, 4) is 5.75 Å². The van der Waals surface area contributed by atoms with Gasteiger partial charge in [0, 0.05) is 11.3 Å². The summed E-state index contributed by atoms with van der Waals surface area (Å²) < 4.78 is 45.7. The number of hydrogen-bond donors (Lipinski definition) is 3. The number of sulfonamides is 1. The molecular formula is C23H22FN3O5S. The van der Waals surface area contributed by atoms with Crippen molar-refractivity contribution in [1.29, 1.82) is 0 Å². The van der Waals surface area contributed by atoms with Crippen LogP contribution < -0.4 is 20.3 Å². The second-order valence-electron chi connectivity index (χ2n) is 6.89. The molecule has 0 aliphatic carbocycles. The fourth-order valence-electron chi connectivity index (χ4n) is 2.82. The number of anilines is 1. The average molecular weight is 472 g/mol. The van der Waals surface area contributed by atoms with E-state index in [1.807, 2.05) is 6.92 Å². The molecule has 0 aliphatic heterocycles. The van der Waals surface area contributed by atoms with Gasteiger partial charge in [0.15, 0.2) is 0 Å². The van der Waals surface area contributed by atoms with E-state index in [1.165, 1.54) is 60.7 Å². The number of hydrazine groups is 1. The molecule has 3 rings (SSSR count). The van der Waals surface area contributed by atoms with E-state index in [-0.39, 0.29) is 22.6 Å². The summed E-state index contributed by atoms with van der Waals surface area (Å²) in [6.45, 7) is 2.31. The van der Waals surface area contributed by atoms with Gasteiger partial charge in [0.2, 0.25) is 5.91 Å². The molecule has 0 fully saturated rings. The van der Waals surface area contributed by atoms with Crippen molar-refractivity contribution in [2.45, 2.75) is 18.2 Å². The van der Waals surface area contributed by atoms with Crippen LogP contribution in [0, 0.1) is 5.82 Å². The molecule has 0 spiro atoms. The van der Waals surface area contributed by atoms with E-state index in [4.69, 9.17) is 4.74 Å². The first-order chi connectivity index (χ1) is 15.8. The molecule has 0 atom stereocenters. The minimum absolute atomic E-state index is 0.0349. The number of hydrogen-bond acceptors (Lipinski definition) is 5. The van der Waals surface area contributed by atoms with Crippen LogP contribution in [0.2, 0.25) is 0 Å². The zero-order chi connectivity index (χ0) is 23.8. The molecule has 2 amide bonds. The molecule has 33 heavy (non-hydrogen) atoms. The monoisotopic (exact) mass is 471 g/mol. The van der Waals surface area contributed by atoms with Gasteiger partial charge in [-0.2, -0.15) is 0 Å². The molecular weight excluding hydrogens is 449 g/mol. The Labute approximate surface area is 190 Å². The van der Waals surface area contributed by atoms with E-state index in [2.05, 4.69) is 15.6 Å². The van der Waals surface area contributed by atoms with E-state index < -0.39 is 27.7 Å². The van der Waals surface area contributed by atoms with E-state index in [0.717, 1.165) is 0 Å². The van der Waals surface area contributed by atoms with Gasteiger partial charge in [-0.15, -0.1) is 0 Å². The molecule has 0 bridgehead atoms. The quantitative estimate of drug-likeness (QED) is 0.437. The van der Waals surface area contributed by atoms with Crippen LogP contribution >= 0.6 is 0 Å². The minimum atomic E-state index is -3.82. The SMILES string of the molecule is CCOc1ccc(S(=O)(=O)Nc2ccc(C(=O)NNC(=O)Cc3ccc(F)cc3)cc2)cc1. The van der Waals surface area contributed by atoms with Gasteiger partial charge in [-0.25, -0.2) is 12.8 Å². The number of carbonyl (C=O) groups is 2. The van der Waals surface area contributed by atoms with E-state index >= 15 is 0 Å². The largest absolute Gasteiger partial charge is 0.494 e. The third-order valence-corrected chi connectivity index (χ3v) is 5.83.